The number of hydrogen-bond donors (Lipinski definition) is 2. The van der Waals surface area contributed by atoms with Gasteiger partial charge in [0.15, 0.2) is 0 Å². The lowest BCUT2D eigenvalue weighted by Crippen LogP contribution is -2.41. The van der Waals surface area contributed by atoms with Crippen molar-refractivity contribution < 1.29 is 9.90 Å². The van der Waals surface area contributed by atoms with Gasteiger partial charge in [0.25, 0.3) is 0 Å². The molecule has 1 unspecified atom stereocenters. The topological polar surface area (TPSA) is 70.4 Å². The first kappa shape index (κ1) is 17.5. The molecule has 0 radical (unpaired) electrons. The van der Waals surface area contributed by atoms with Crippen molar-refractivity contribution in [2.24, 2.45) is 0 Å². The summed E-state index contributed by atoms with van der Waals surface area (Å²) in [5.74, 6) is -0.887. The molecule has 1 aliphatic heterocycles. The van der Waals surface area contributed by atoms with E-state index in [4.69, 9.17) is 5.11 Å². The Balaban J connectivity index is 1.44. The van der Waals surface area contributed by atoms with Crippen molar-refractivity contribution in [2.75, 3.05) is 18.4 Å². The molecule has 1 aliphatic rings. The summed E-state index contributed by atoms with van der Waals surface area (Å²) in [6.45, 7) is 2.98. The summed E-state index contributed by atoms with van der Waals surface area (Å²) in [6.07, 6.45) is 4.02. The summed E-state index contributed by atoms with van der Waals surface area (Å²) in [5, 5.41) is 17.8. The normalized spacial score (nSPS) is 17.9. The minimum Gasteiger partial charge on any atom is -0.480 e. The third-order valence-electron chi connectivity index (χ3n) is 5.06. The molecule has 2 aromatic carbocycles. The van der Waals surface area contributed by atoms with Gasteiger partial charge in [0.1, 0.15) is 6.54 Å². The maximum absolute atomic E-state index is 11.0. The van der Waals surface area contributed by atoms with E-state index in [0.717, 1.165) is 42.6 Å². The fourth-order valence-corrected chi connectivity index (χ4v) is 3.81. The van der Waals surface area contributed by atoms with E-state index in [0.29, 0.717) is 6.04 Å². The highest BCUT2D eigenvalue weighted by Crippen LogP contribution is 2.22. The number of rotatable bonds is 6. The third-order valence-corrected chi connectivity index (χ3v) is 5.06. The van der Waals surface area contributed by atoms with Crippen molar-refractivity contribution >= 4 is 22.6 Å². The molecule has 4 rings (SSSR count). The second kappa shape index (κ2) is 7.80. The number of nitrogens with zero attached hydrogens (tertiary/aromatic N) is 3. The van der Waals surface area contributed by atoms with Crippen LogP contribution in [0.3, 0.4) is 0 Å². The van der Waals surface area contributed by atoms with Gasteiger partial charge in [-0.05, 0) is 43.1 Å². The summed E-state index contributed by atoms with van der Waals surface area (Å²) in [5.41, 5.74) is 3.21. The van der Waals surface area contributed by atoms with Crippen LogP contribution in [0.1, 0.15) is 18.4 Å². The number of likely N-dealkylation sites (tertiary alicyclic amines) is 1. The molecule has 140 valence electrons. The van der Waals surface area contributed by atoms with Crippen LogP contribution in [0, 0.1) is 0 Å². The summed E-state index contributed by atoms with van der Waals surface area (Å²) in [7, 11) is 0. The molecule has 6 nitrogen and oxygen atoms in total. The largest absolute Gasteiger partial charge is 0.480 e. The first-order valence-corrected chi connectivity index (χ1v) is 9.37. The number of aromatic nitrogens is 2. The molecular weight excluding hydrogens is 340 g/mol. The number of anilines is 1. The summed E-state index contributed by atoms with van der Waals surface area (Å²) in [6, 6.07) is 17.0. The van der Waals surface area contributed by atoms with Crippen LogP contribution in [0.2, 0.25) is 0 Å². The van der Waals surface area contributed by atoms with Crippen LogP contribution in [0.5, 0.6) is 0 Å². The monoisotopic (exact) mass is 364 g/mol. The number of carbonyl (C=O) groups is 1. The summed E-state index contributed by atoms with van der Waals surface area (Å²) in [4.78, 5) is 13.5. The van der Waals surface area contributed by atoms with Gasteiger partial charge in [-0.2, -0.15) is 5.10 Å². The van der Waals surface area contributed by atoms with Gasteiger partial charge in [0.05, 0.1) is 11.7 Å². The van der Waals surface area contributed by atoms with Gasteiger partial charge >= 0.3 is 5.97 Å². The molecule has 1 atom stereocenters. The minimum atomic E-state index is -0.887. The third kappa shape index (κ3) is 4.28. The Bertz CT molecular complexity index is 922. The van der Waals surface area contributed by atoms with Crippen LogP contribution >= 0.6 is 0 Å². The number of carboxylic acid groups (broad SMARTS) is 1. The van der Waals surface area contributed by atoms with E-state index < -0.39 is 5.97 Å². The van der Waals surface area contributed by atoms with Crippen LogP contribution in [0.25, 0.3) is 10.9 Å². The Labute approximate surface area is 158 Å². The Hall–Kier alpha value is -2.86. The molecule has 0 bridgehead atoms. The Kier molecular flexibility index (Phi) is 5.07. The van der Waals surface area contributed by atoms with Gasteiger partial charge in [0.2, 0.25) is 0 Å². The molecule has 0 amide bonds. The number of nitrogens with one attached hydrogen (secondary N) is 1. The molecule has 0 saturated carbocycles. The first-order valence-electron chi connectivity index (χ1n) is 9.37. The SMILES string of the molecule is O=C(O)Cn1ncc2ccc(NC3CCCN(Cc4ccccc4)C3)cc21. The molecule has 0 spiro atoms. The van der Waals surface area contributed by atoms with Crippen molar-refractivity contribution in [3.8, 4) is 0 Å². The lowest BCUT2D eigenvalue weighted by Gasteiger charge is -2.33. The molecule has 0 aliphatic carbocycles. The van der Waals surface area contributed by atoms with Crippen molar-refractivity contribution in [1.29, 1.82) is 0 Å². The number of hydrogen-bond acceptors (Lipinski definition) is 4. The van der Waals surface area contributed by atoms with E-state index in [1.54, 1.807) is 6.20 Å². The van der Waals surface area contributed by atoms with E-state index in [2.05, 4.69) is 45.6 Å². The summed E-state index contributed by atoms with van der Waals surface area (Å²) >= 11 is 0. The van der Waals surface area contributed by atoms with E-state index in [1.165, 1.54) is 16.7 Å². The highest BCUT2D eigenvalue weighted by atomic mass is 16.4. The van der Waals surface area contributed by atoms with Crippen molar-refractivity contribution in [1.82, 2.24) is 14.7 Å². The van der Waals surface area contributed by atoms with Crippen molar-refractivity contribution in [2.45, 2.75) is 32.0 Å². The number of fused-ring (bicyclic) bond motifs is 1. The molecular formula is C21H24N4O2. The van der Waals surface area contributed by atoms with E-state index in [-0.39, 0.29) is 6.54 Å². The molecule has 6 heteroatoms. The zero-order chi connectivity index (χ0) is 18.6. The quantitative estimate of drug-likeness (QED) is 0.703. The maximum atomic E-state index is 11.0. The summed E-state index contributed by atoms with van der Waals surface area (Å²) < 4.78 is 1.53. The molecule has 27 heavy (non-hydrogen) atoms. The molecule has 3 aromatic rings. The van der Waals surface area contributed by atoms with Gasteiger partial charge in [-0.3, -0.25) is 14.4 Å². The fraction of sp³-hybridized carbons (Fsp3) is 0.333. The molecule has 1 aromatic heterocycles. The van der Waals surface area contributed by atoms with E-state index >= 15 is 0 Å². The van der Waals surface area contributed by atoms with Crippen molar-refractivity contribution in [3.05, 3.63) is 60.3 Å². The van der Waals surface area contributed by atoms with Gasteiger partial charge in [-0.15, -0.1) is 0 Å². The second-order valence-electron chi connectivity index (χ2n) is 7.17. The number of piperidine rings is 1. The number of aliphatic carboxylic acids is 1. The highest BCUT2D eigenvalue weighted by molar-refractivity contribution is 5.83. The molecule has 1 saturated heterocycles. The van der Waals surface area contributed by atoms with E-state index in [9.17, 15) is 4.79 Å². The second-order valence-corrected chi connectivity index (χ2v) is 7.17. The fourth-order valence-electron chi connectivity index (χ4n) is 3.81. The predicted molar refractivity (Wildman–Crippen MR) is 106 cm³/mol. The predicted octanol–water partition coefficient (Wildman–Crippen LogP) is 3.20. The van der Waals surface area contributed by atoms with Gasteiger partial charge < -0.3 is 10.4 Å². The van der Waals surface area contributed by atoms with Crippen LogP contribution in [-0.4, -0.2) is 44.9 Å². The highest BCUT2D eigenvalue weighted by Gasteiger charge is 2.20. The average molecular weight is 364 g/mol. The Morgan fingerprint density at radius 3 is 2.89 bits per heavy atom. The average Bonchev–Trinajstić information content (AvgIpc) is 3.04. The minimum absolute atomic E-state index is 0.124. The van der Waals surface area contributed by atoms with Crippen LogP contribution in [0.4, 0.5) is 5.69 Å². The van der Waals surface area contributed by atoms with Crippen LogP contribution in [-0.2, 0) is 17.9 Å². The van der Waals surface area contributed by atoms with Gasteiger partial charge in [-0.25, -0.2) is 0 Å². The zero-order valence-electron chi connectivity index (χ0n) is 15.2. The Morgan fingerprint density at radius 1 is 1.22 bits per heavy atom. The lowest BCUT2D eigenvalue weighted by atomic mass is 10.0. The lowest BCUT2D eigenvalue weighted by molar-refractivity contribution is -0.137. The smallest absolute Gasteiger partial charge is 0.325 e. The number of carboxylic acids is 1. The maximum Gasteiger partial charge on any atom is 0.325 e. The van der Waals surface area contributed by atoms with Crippen molar-refractivity contribution in [3.63, 3.8) is 0 Å². The number of benzene rings is 2. The van der Waals surface area contributed by atoms with Crippen LogP contribution < -0.4 is 5.32 Å². The molecule has 2 heterocycles. The molecule has 1 fully saturated rings. The first-order chi connectivity index (χ1) is 13.2. The Morgan fingerprint density at radius 2 is 2.07 bits per heavy atom. The molecule has 2 N–H and O–H groups in total. The van der Waals surface area contributed by atoms with Gasteiger partial charge in [-0.1, -0.05) is 30.3 Å². The van der Waals surface area contributed by atoms with Crippen LogP contribution in [0.15, 0.2) is 54.7 Å². The van der Waals surface area contributed by atoms with E-state index in [1.807, 2.05) is 18.2 Å². The standard InChI is InChI=1S/C21H24N4O2/c26-21(27)15-25-20-11-18(9-8-17(20)12-22-25)23-19-7-4-10-24(14-19)13-16-5-2-1-3-6-16/h1-3,5-6,8-9,11-12,19,23H,4,7,10,13-15H2,(H,26,27). The van der Waals surface area contributed by atoms with Gasteiger partial charge in [0, 0.05) is 30.2 Å². The zero-order valence-corrected chi connectivity index (χ0v) is 15.2.